The van der Waals surface area contributed by atoms with E-state index in [2.05, 4.69) is 17.1 Å². The van der Waals surface area contributed by atoms with E-state index in [1.807, 2.05) is 61.2 Å². The molecule has 2 N–H and O–H groups in total. The Hall–Kier alpha value is -3.41. The maximum atomic E-state index is 12.4. The number of nitrogens with zero attached hydrogens (tertiary/aromatic N) is 2. The van der Waals surface area contributed by atoms with Crippen molar-refractivity contribution in [2.45, 2.75) is 63.6 Å². The summed E-state index contributed by atoms with van der Waals surface area (Å²) >= 11 is 0. The third kappa shape index (κ3) is 5.00. The van der Waals surface area contributed by atoms with E-state index in [0.29, 0.717) is 11.6 Å². The zero-order valence-electron chi connectivity index (χ0n) is 19.2. The SMILES string of the molecule is CC1(C)OC(=O)N(C2CCCCC2)[C@@H]1c1ccccc1.NC(=O)c1cnc2ccccc2c1. The highest BCUT2D eigenvalue weighted by molar-refractivity contribution is 5.96. The number of para-hydroxylation sites is 1. The molecular weight excluding hydrogens is 414 g/mol. The Morgan fingerprint density at radius 1 is 1.03 bits per heavy atom. The Morgan fingerprint density at radius 2 is 1.70 bits per heavy atom. The second kappa shape index (κ2) is 9.61. The third-order valence-corrected chi connectivity index (χ3v) is 6.46. The molecule has 6 nitrogen and oxygen atoms in total. The summed E-state index contributed by atoms with van der Waals surface area (Å²) in [7, 11) is 0. The predicted molar refractivity (Wildman–Crippen MR) is 129 cm³/mol. The molecule has 1 aliphatic heterocycles. The van der Waals surface area contributed by atoms with Gasteiger partial charge in [-0.15, -0.1) is 0 Å². The Balaban J connectivity index is 0.000000172. The van der Waals surface area contributed by atoms with E-state index in [0.717, 1.165) is 23.7 Å². The lowest BCUT2D eigenvalue weighted by molar-refractivity contribution is 0.0664. The van der Waals surface area contributed by atoms with Gasteiger partial charge in [0.15, 0.2) is 0 Å². The summed E-state index contributed by atoms with van der Waals surface area (Å²) in [5.41, 5.74) is 7.15. The molecule has 172 valence electrons. The van der Waals surface area contributed by atoms with Crippen LogP contribution in [0.3, 0.4) is 0 Å². The Morgan fingerprint density at radius 3 is 2.39 bits per heavy atom. The van der Waals surface area contributed by atoms with Gasteiger partial charge in [0.05, 0.1) is 17.1 Å². The maximum Gasteiger partial charge on any atom is 0.411 e. The predicted octanol–water partition coefficient (Wildman–Crippen LogP) is 5.62. The van der Waals surface area contributed by atoms with E-state index in [1.165, 1.54) is 31.0 Å². The van der Waals surface area contributed by atoms with Crippen LogP contribution in [-0.4, -0.2) is 33.5 Å². The van der Waals surface area contributed by atoms with Crippen molar-refractivity contribution >= 4 is 22.9 Å². The molecule has 2 heterocycles. The summed E-state index contributed by atoms with van der Waals surface area (Å²) in [5, 5.41) is 0.929. The summed E-state index contributed by atoms with van der Waals surface area (Å²) in [5.74, 6) is -0.446. The number of cyclic esters (lactones) is 1. The van der Waals surface area contributed by atoms with Crippen LogP contribution in [0.2, 0.25) is 0 Å². The number of aromatic nitrogens is 1. The van der Waals surface area contributed by atoms with Crippen LogP contribution in [0.5, 0.6) is 0 Å². The second-order valence-corrected chi connectivity index (χ2v) is 9.26. The van der Waals surface area contributed by atoms with Gasteiger partial charge in [0.1, 0.15) is 5.60 Å². The van der Waals surface area contributed by atoms with Crippen LogP contribution in [0.4, 0.5) is 4.79 Å². The molecule has 6 heteroatoms. The van der Waals surface area contributed by atoms with Crippen LogP contribution in [0.1, 0.15) is 67.9 Å². The Labute approximate surface area is 194 Å². The van der Waals surface area contributed by atoms with Gasteiger partial charge in [-0.2, -0.15) is 0 Å². The summed E-state index contributed by atoms with van der Waals surface area (Å²) in [4.78, 5) is 29.3. The fraction of sp³-hybridized carbons (Fsp3) is 0.370. The molecule has 0 radical (unpaired) electrons. The van der Waals surface area contributed by atoms with Gasteiger partial charge in [-0.25, -0.2) is 4.79 Å². The van der Waals surface area contributed by atoms with Gasteiger partial charge in [-0.3, -0.25) is 14.7 Å². The topological polar surface area (TPSA) is 85.5 Å². The van der Waals surface area contributed by atoms with E-state index < -0.39 is 11.5 Å². The van der Waals surface area contributed by atoms with Crippen LogP contribution in [0.25, 0.3) is 10.9 Å². The fourth-order valence-corrected chi connectivity index (χ4v) is 4.90. The number of pyridine rings is 1. The minimum Gasteiger partial charge on any atom is -0.441 e. The summed E-state index contributed by atoms with van der Waals surface area (Å²) < 4.78 is 5.67. The van der Waals surface area contributed by atoms with Crippen molar-refractivity contribution in [3.8, 4) is 0 Å². The van der Waals surface area contributed by atoms with E-state index in [-0.39, 0.29) is 12.1 Å². The molecule has 3 aromatic rings. The normalized spacial score (nSPS) is 20.1. The number of hydrogen-bond donors (Lipinski definition) is 1. The molecule has 2 aliphatic rings. The number of benzene rings is 2. The highest BCUT2D eigenvalue weighted by atomic mass is 16.6. The Kier molecular flexibility index (Phi) is 6.63. The molecule has 1 saturated carbocycles. The van der Waals surface area contributed by atoms with Crippen LogP contribution in [0.15, 0.2) is 66.9 Å². The lowest BCUT2D eigenvalue weighted by Crippen LogP contribution is -2.41. The molecular formula is C27H31N3O3. The zero-order chi connectivity index (χ0) is 23.4. The number of fused-ring (bicyclic) bond motifs is 1. The fourth-order valence-electron chi connectivity index (χ4n) is 4.90. The van der Waals surface area contributed by atoms with Crippen LogP contribution in [0, 0.1) is 0 Å². The minimum absolute atomic E-state index is 0.0271. The van der Waals surface area contributed by atoms with Crippen LogP contribution in [-0.2, 0) is 4.74 Å². The van der Waals surface area contributed by atoms with Crippen molar-refractivity contribution in [2.75, 3.05) is 0 Å². The lowest BCUT2D eigenvalue weighted by atomic mass is 9.87. The first-order chi connectivity index (χ1) is 15.9. The molecule has 0 unspecified atom stereocenters. The third-order valence-electron chi connectivity index (χ3n) is 6.46. The Bertz CT molecular complexity index is 1120. The molecule has 1 aliphatic carbocycles. The lowest BCUT2D eigenvalue weighted by Gasteiger charge is -2.36. The maximum absolute atomic E-state index is 12.4. The summed E-state index contributed by atoms with van der Waals surface area (Å²) in [6, 6.07) is 20.0. The zero-order valence-corrected chi connectivity index (χ0v) is 19.2. The van der Waals surface area contributed by atoms with Gasteiger partial charge in [0.2, 0.25) is 5.91 Å². The largest absolute Gasteiger partial charge is 0.441 e. The first kappa shape index (κ1) is 22.8. The molecule has 0 spiro atoms. The van der Waals surface area contributed by atoms with Gasteiger partial charge in [0.25, 0.3) is 0 Å². The molecule has 2 aromatic carbocycles. The van der Waals surface area contributed by atoms with Crippen molar-refractivity contribution in [3.05, 3.63) is 78.0 Å². The van der Waals surface area contributed by atoms with Gasteiger partial charge in [0, 0.05) is 17.6 Å². The standard InChI is InChI=1S/C17H23NO2.C10H8N2O/c1-17(2)15(13-9-5-3-6-10-13)18(16(19)20-17)14-11-7-4-8-12-14;11-10(13)8-5-7-3-1-2-4-9(7)12-6-8/h3,5-6,9-10,14-15H,4,7-8,11-12H2,1-2H3;1-6H,(H2,11,13)/t15-;/m1./s1. The molecule has 2 amide bonds. The van der Waals surface area contributed by atoms with Gasteiger partial charge in [-0.1, -0.05) is 67.8 Å². The smallest absolute Gasteiger partial charge is 0.411 e. The van der Waals surface area contributed by atoms with Crippen molar-refractivity contribution in [1.29, 1.82) is 0 Å². The molecule has 0 bridgehead atoms. The van der Waals surface area contributed by atoms with E-state index >= 15 is 0 Å². The minimum atomic E-state index is -0.462. The molecule has 5 rings (SSSR count). The van der Waals surface area contributed by atoms with Crippen LogP contribution >= 0.6 is 0 Å². The second-order valence-electron chi connectivity index (χ2n) is 9.26. The molecule has 1 aromatic heterocycles. The first-order valence-corrected chi connectivity index (χ1v) is 11.6. The van der Waals surface area contributed by atoms with Crippen molar-refractivity contribution in [3.63, 3.8) is 0 Å². The number of nitrogens with two attached hydrogens (primary N) is 1. The molecule has 1 atom stereocenters. The van der Waals surface area contributed by atoms with Crippen molar-refractivity contribution < 1.29 is 14.3 Å². The molecule has 33 heavy (non-hydrogen) atoms. The van der Waals surface area contributed by atoms with Crippen molar-refractivity contribution in [2.24, 2.45) is 5.73 Å². The number of ether oxygens (including phenoxy) is 1. The molecule has 2 fully saturated rings. The number of carbonyl (C=O) groups excluding carboxylic acids is 2. The number of hydrogen-bond acceptors (Lipinski definition) is 4. The highest BCUT2D eigenvalue weighted by Gasteiger charge is 2.50. The monoisotopic (exact) mass is 445 g/mol. The average molecular weight is 446 g/mol. The van der Waals surface area contributed by atoms with Crippen LogP contribution < -0.4 is 5.73 Å². The number of primary amides is 1. The average Bonchev–Trinajstić information content (AvgIpc) is 3.08. The number of rotatable bonds is 3. The highest BCUT2D eigenvalue weighted by Crippen LogP contribution is 2.44. The van der Waals surface area contributed by atoms with Gasteiger partial charge < -0.3 is 10.5 Å². The molecule has 1 saturated heterocycles. The van der Waals surface area contributed by atoms with E-state index in [1.54, 1.807) is 6.07 Å². The summed E-state index contributed by atoms with van der Waals surface area (Å²) in [6.07, 6.45) is 7.29. The number of carbonyl (C=O) groups is 2. The van der Waals surface area contributed by atoms with Gasteiger partial charge >= 0.3 is 6.09 Å². The van der Waals surface area contributed by atoms with E-state index in [4.69, 9.17) is 10.5 Å². The van der Waals surface area contributed by atoms with E-state index in [9.17, 15) is 9.59 Å². The summed E-state index contributed by atoms with van der Waals surface area (Å²) in [6.45, 7) is 4.04. The quantitative estimate of drug-likeness (QED) is 0.566. The number of amides is 2. The first-order valence-electron chi connectivity index (χ1n) is 11.6. The van der Waals surface area contributed by atoms with Gasteiger partial charge in [-0.05, 0) is 44.4 Å². The van der Waals surface area contributed by atoms with Crippen molar-refractivity contribution in [1.82, 2.24) is 9.88 Å².